The molecule has 2 aliphatic rings. The number of carbonyl (C=O) groups excluding carboxylic acids is 2. The number of hydrogen-bond donors (Lipinski definition) is 1. The summed E-state index contributed by atoms with van der Waals surface area (Å²) in [5.41, 5.74) is 3.59. The monoisotopic (exact) mass is 399 g/mol. The molecule has 1 aliphatic heterocycles. The van der Waals surface area contributed by atoms with E-state index in [-0.39, 0.29) is 12.4 Å². The minimum atomic E-state index is -0.479. The zero-order chi connectivity index (χ0) is 21.0. The molecule has 0 saturated heterocycles. The van der Waals surface area contributed by atoms with Gasteiger partial charge in [0, 0.05) is 29.3 Å². The number of esters is 1. The SMILES string of the molecule is CCCOc1ccc([C@H]2C(C(=O)OCC)=C(C)NC3=C2C(=O)CCC3)cc1OC. The number of dihydropyridines is 1. The summed E-state index contributed by atoms with van der Waals surface area (Å²) in [5.74, 6) is 0.420. The predicted molar refractivity (Wildman–Crippen MR) is 110 cm³/mol. The zero-order valence-corrected chi connectivity index (χ0v) is 17.6. The van der Waals surface area contributed by atoms with E-state index in [1.807, 2.05) is 32.0 Å². The third-order valence-corrected chi connectivity index (χ3v) is 5.25. The lowest BCUT2D eigenvalue weighted by atomic mass is 9.75. The molecule has 6 heteroatoms. The molecular weight excluding hydrogens is 370 g/mol. The van der Waals surface area contributed by atoms with Gasteiger partial charge in [-0.3, -0.25) is 4.79 Å². The number of benzene rings is 1. The van der Waals surface area contributed by atoms with Gasteiger partial charge in [-0.1, -0.05) is 13.0 Å². The maximum atomic E-state index is 12.9. The number of rotatable bonds is 7. The van der Waals surface area contributed by atoms with Crippen LogP contribution in [0.3, 0.4) is 0 Å². The number of hydrogen-bond acceptors (Lipinski definition) is 6. The van der Waals surface area contributed by atoms with Crippen molar-refractivity contribution in [2.24, 2.45) is 0 Å². The molecule has 0 aromatic heterocycles. The maximum Gasteiger partial charge on any atom is 0.336 e. The molecule has 0 amide bonds. The molecule has 6 nitrogen and oxygen atoms in total. The van der Waals surface area contributed by atoms with Crippen LogP contribution in [0.15, 0.2) is 40.7 Å². The quantitative estimate of drug-likeness (QED) is 0.698. The first-order valence-corrected chi connectivity index (χ1v) is 10.2. The average Bonchev–Trinajstić information content (AvgIpc) is 2.71. The third kappa shape index (κ3) is 4.16. The van der Waals surface area contributed by atoms with E-state index in [1.54, 1.807) is 14.0 Å². The Kier molecular flexibility index (Phi) is 6.62. The van der Waals surface area contributed by atoms with Crippen molar-refractivity contribution in [2.45, 2.75) is 52.4 Å². The van der Waals surface area contributed by atoms with Crippen molar-refractivity contribution in [1.82, 2.24) is 5.32 Å². The summed E-state index contributed by atoms with van der Waals surface area (Å²) in [6.45, 7) is 6.54. The van der Waals surface area contributed by atoms with Crippen molar-refractivity contribution >= 4 is 11.8 Å². The Bertz CT molecular complexity index is 868. The lowest BCUT2D eigenvalue weighted by Gasteiger charge is -2.34. The molecule has 0 saturated carbocycles. The molecule has 1 aliphatic carbocycles. The fraction of sp³-hybridized carbons (Fsp3) is 0.478. The number of methoxy groups -OCH3 is 1. The van der Waals surface area contributed by atoms with Crippen molar-refractivity contribution in [1.29, 1.82) is 0 Å². The highest BCUT2D eigenvalue weighted by Crippen LogP contribution is 2.44. The van der Waals surface area contributed by atoms with Gasteiger partial charge in [-0.2, -0.15) is 0 Å². The summed E-state index contributed by atoms with van der Waals surface area (Å²) in [6, 6.07) is 5.61. The Morgan fingerprint density at radius 1 is 1.21 bits per heavy atom. The molecule has 0 spiro atoms. The summed E-state index contributed by atoms with van der Waals surface area (Å²) in [6.07, 6.45) is 2.98. The Morgan fingerprint density at radius 2 is 2.00 bits per heavy atom. The number of carbonyl (C=O) groups is 2. The smallest absolute Gasteiger partial charge is 0.336 e. The lowest BCUT2D eigenvalue weighted by molar-refractivity contribution is -0.138. The van der Waals surface area contributed by atoms with E-state index in [0.717, 1.165) is 36.2 Å². The van der Waals surface area contributed by atoms with Crippen molar-refractivity contribution in [2.75, 3.05) is 20.3 Å². The van der Waals surface area contributed by atoms with Crippen LogP contribution in [0.2, 0.25) is 0 Å². The predicted octanol–water partition coefficient (Wildman–Crippen LogP) is 4.02. The highest BCUT2D eigenvalue weighted by atomic mass is 16.5. The Morgan fingerprint density at radius 3 is 2.69 bits per heavy atom. The molecule has 3 rings (SSSR count). The molecule has 156 valence electrons. The van der Waals surface area contributed by atoms with Gasteiger partial charge < -0.3 is 19.5 Å². The molecule has 1 heterocycles. The number of nitrogens with one attached hydrogen (secondary N) is 1. The van der Waals surface area contributed by atoms with Crippen molar-refractivity contribution < 1.29 is 23.8 Å². The van der Waals surface area contributed by atoms with Gasteiger partial charge in [0.2, 0.25) is 0 Å². The minimum absolute atomic E-state index is 0.0725. The van der Waals surface area contributed by atoms with Gasteiger partial charge >= 0.3 is 5.97 Å². The Hall–Kier alpha value is -2.76. The highest BCUT2D eigenvalue weighted by molar-refractivity contribution is 6.03. The van der Waals surface area contributed by atoms with Crippen LogP contribution in [-0.4, -0.2) is 32.1 Å². The first-order valence-electron chi connectivity index (χ1n) is 10.2. The summed E-state index contributed by atoms with van der Waals surface area (Å²) < 4.78 is 16.6. The van der Waals surface area contributed by atoms with Crippen LogP contribution in [0.1, 0.15) is 57.9 Å². The van der Waals surface area contributed by atoms with E-state index in [1.165, 1.54) is 0 Å². The second-order valence-electron chi connectivity index (χ2n) is 7.24. The minimum Gasteiger partial charge on any atom is -0.493 e. The normalized spacial score (nSPS) is 18.9. The molecule has 29 heavy (non-hydrogen) atoms. The van der Waals surface area contributed by atoms with Gasteiger partial charge in [-0.15, -0.1) is 0 Å². The fourth-order valence-electron chi connectivity index (χ4n) is 3.99. The first-order chi connectivity index (χ1) is 14.0. The third-order valence-electron chi connectivity index (χ3n) is 5.25. The van der Waals surface area contributed by atoms with E-state index in [4.69, 9.17) is 14.2 Å². The summed E-state index contributed by atoms with van der Waals surface area (Å²) in [5, 5.41) is 3.29. The van der Waals surface area contributed by atoms with E-state index in [2.05, 4.69) is 5.32 Å². The number of Topliss-reactive ketones (excluding diaryl/α,β-unsaturated/α-hetero) is 1. The van der Waals surface area contributed by atoms with E-state index >= 15 is 0 Å². The van der Waals surface area contributed by atoms with Gasteiger partial charge in [-0.25, -0.2) is 4.79 Å². The standard InChI is InChI=1S/C23H29NO5/c1-5-12-29-18-11-10-15(13-19(18)27-4)21-20(23(26)28-6-2)14(3)24-16-8-7-9-17(25)22(16)21/h10-11,13,21,24H,5-9,12H2,1-4H3/t21-/m0/s1. The molecule has 1 N–H and O–H groups in total. The molecule has 1 aromatic rings. The van der Waals surface area contributed by atoms with E-state index < -0.39 is 11.9 Å². The highest BCUT2D eigenvalue weighted by Gasteiger charge is 2.39. The second-order valence-corrected chi connectivity index (χ2v) is 7.24. The van der Waals surface area contributed by atoms with Crippen LogP contribution >= 0.6 is 0 Å². The topological polar surface area (TPSA) is 73.9 Å². The van der Waals surface area contributed by atoms with Crippen LogP contribution < -0.4 is 14.8 Å². The summed E-state index contributed by atoms with van der Waals surface area (Å²) in [7, 11) is 1.59. The first kappa shape index (κ1) is 21.0. The van der Waals surface area contributed by atoms with Crippen molar-refractivity contribution in [3.63, 3.8) is 0 Å². The fourth-order valence-corrected chi connectivity index (χ4v) is 3.99. The van der Waals surface area contributed by atoms with E-state index in [9.17, 15) is 9.59 Å². The number of ketones is 1. The van der Waals surface area contributed by atoms with E-state index in [0.29, 0.717) is 35.7 Å². The maximum absolute atomic E-state index is 12.9. The van der Waals surface area contributed by atoms with Gasteiger partial charge in [0.1, 0.15) is 0 Å². The summed E-state index contributed by atoms with van der Waals surface area (Å²) in [4.78, 5) is 25.7. The molecular formula is C23H29NO5. The molecule has 1 aromatic carbocycles. The largest absolute Gasteiger partial charge is 0.493 e. The lowest BCUT2D eigenvalue weighted by Crippen LogP contribution is -2.34. The van der Waals surface area contributed by atoms with Gasteiger partial charge in [0.05, 0.1) is 25.9 Å². The van der Waals surface area contributed by atoms with Crippen LogP contribution in [0, 0.1) is 0 Å². The summed E-state index contributed by atoms with van der Waals surface area (Å²) >= 11 is 0. The molecule has 1 atom stereocenters. The van der Waals surface area contributed by atoms with Gasteiger partial charge in [0.25, 0.3) is 0 Å². The van der Waals surface area contributed by atoms with Gasteiger partial charge in [-0.05, 0) is 50.8 Å². The second kappa shape index (κ2) is 9.16. The molecule has 0 radical (unpaired) electrons. The van der Waals surface area contributed by atoms with Crippen molar-refractivity contribution in [3.05, 3.63) is 46.3 Å². The number of ether oxygens (including phenoxy) is 3. The van der Waals surface area contributed by atoms with Crippen LogP contribution in [0.5, 0.6) is 11.5 Å². The Labute approximate surface area is 171 Å². The van der Waals surface area contributed by atoms with Crippen LogP contribution in [0.4, 0.5) is 0 Å². The molecule has 0 fully saturated rings. The average molecular weight is 399 g/mol. The Balaban J connectivity index is 2.12. The van der Waals surface area contributed by atoms with Crippen LogP contribution in [-0.2, 0) is 14.3 Å². The number of allylic oxidation sites excluding steroid dienone is 3. The van der Waals surface area contributed by atoms with Crippen LogP contribution in [0.25, 0.3) is 0 Å². The molecule has 0 bridgehead atoms. The van der Waals surface area contributed by atoms with Crippen molar-refractivity contribution in [3.8, 4) is 11.5 Å². The zero-order valence-electron chi connectivity index (χ0n) is 17.6. The van der Waals surface area contributed by atoms with Gasteiger partial charge in [0.15, 0.2) is 17.3 Å². The molecule has 0 unspecified atom stereocenters.